The molecule has 13 heavy (non-hydrogen) atoms. The van der Waals surface area contributed by atoms with E-state index < -0.39 is 0 Å². The molecule has 0 aromatic carbocycles. The molecular formula is C9H19NO3. The van der Waals surface area contributed by atoms with Crippen LogP contribution in [0.25, 0.3) is 0 Å². The highest BCUT2D eigenvalue weighted by Gasteiger charge is 2.19. The summed E-state index contributed by atoms with van der Waals surface area (Å²) in [7, 11) is 1.37. The molecule has 0 fully saturated rings. The largest absolute Gasteiger partial charge is 0.469 e. The number of esters is 1. The summed E-state index contributed by atoms with van der Waals surface area (Å²) in [5.41, 5.74) is -0.345. The summed E-state index contributed by atoms with van der Waals surface area (Å²) < 4.78 is 4.57. The maximum absolute atomic E-state index is 11.0. The summed E-state index contributed by atoms with van der Waals surface area (Å²) in [6.07, 6.45) is 0. The average Bonchev–Trinajstić information content (AvgIpc) is 2.13. The van der Waals surface area contributed by atoms with Crippen LogP contribution in [0.15, 0.2) is 0 Å². The topological polar surface area (TPSA) is 58.6 Å². The highest BCUT2D eigenvalue weighted by molar-refractivity contribution is 5.72. The van der Waals surface area contributed by atoms with Crippen LogP contribution in [0.1, 0.15) is 20.8 Å². The zero-order chi connectivity index (χ0) is 10.5. The Bertz CT molecular complexity index is 168. The second-order valence-electron chi connectivity index (χ2n) is 3.85. The van der Waals surface area contributed by atoms with Crippen LogP contribution in [0.5, 0.6) is 0 Å². The molecule has 0 rings (SSSR count). The minimum absolute atomic E-state index is 0.0426. The predicted octanol–water partition coefficient (Wildman–Crippen LogP) is 0.156. The molecule has 4 heteroatoms. The highest BCUT2D eigenvalue weighted by Crippen LogP contribution is 2.02. The first-order chi connectivity index (χ1) is 5.93. The van der Waals surface area contributed by atoms with Crippen LogP contribution in [0.2, 0.25) is 0 Å². The highest BCUT2D eigenvalue weighted by atomic mass is 16.5. The van der Waals surface area contributed by atoms with Gasteiger partial charge in [-0.3, -0.25) is 4.79 Å². The number of hydrogen-bond acceptors (Lipinski definition) is 4. The van der Waals surface area contributed by atoms with Crippen molar-refractivity contribution in [3.8, 4) is 0 Å². The molecule has 0 aromatic heterocycles. The molecule has 4 nitrogen and oxygen atoms in total. The summed E-state index contributed by atoms with van der Waals surface area (Å²) in [6, 6.07) is 0. The van der Waals surface area contributed by atoms with Gasteiger partial charge in [0.05, 0.1) is 19.6 Å². The molecule has 0 saturated carbocycles. The summed E-state index contributed by atoms with van der Waals surface area (Å²) in [6.45, 7) is 6.08. The van der Waals surface area contributed by atoms with Gasteiger partial charge in [0.1, 0.15) is 0 Å². The minimum atomic E-state index is -0.345. The molecule has 0 radical (unpaired) electrons. The van der Waals surface area contributed by atoms with Crippen molar-refractivity contribution in [2.45, 2.75) is 26.3 Å². The summed E-state index contributed by atoms with van der Waals surface area (Å²) in [4.78, 5) is 11.0. The number of carbonyl (C=O) groups is 1. The third-order valence-corrected chi connectivity index (χ3v) is 1.89. The monoisotopic (exact) mass is 189 g/mol. The second-order valence-corrected chi connectivity index (χ2v) is 3.85. The van der Waals surface area contributed by atoms with Crippen molar-refractivity contribution >= 4 is 5.97 Å². The molecule has 2 N–H and O–H groups in total. The Kier molecular flexibility index (Phi) is 4.95. The van der Waals surface area contributed by atoms with Crippen molar-refractivity contribution in [2.75, 3.05) is 20.3 Å². The van der Waals surface area contributed by atoms with Crippen LogP contribution < -0.4 is 5.32 Å². The van der Waals surface area contributed by atoms with Gasteiger partial charge in [-0.15, -0.1) is 0 Å². The van der Waals surface area contributed by atoms with E-state index in [1.807, 2.05) is 13.8 Å². The Hall–Kier alpha value is -0.610. The van der Waals surface area contributed by atoms with Gasteiger partial charge < -0.3 is 15.2 Å². The maximum Gasteiger partial charge on any atom is 0.309 e. The van der Waals surface area contributed by atoms with Crippen molar-refractivity contribution in [1.82, 2.24) is 5.32 Å². The van der Waals surface area contributed by atoms with Crippen LogP contribution in [-0.4, -0.2) is 36.9 Å². The van der Waals surface area contributed by atoms with E-state index in [1.54, 1.807) is 6.92 Å². The van der Waals surface area contributed by atoms with Crippen molar-refractivity contribution < 1.29 is 14.6 Å². The Morgan fingerprint density at radius 2 is 2.15 bits per heavy atom. The average molecular weight is 189 g/mol. The van der Waals surface area contributed by atoms with Crippen molar-refractivity contribution in [2.24, 2.45) is 5.92 Å². The molecule has 0 aliphatic heterocycles. The van der Waals surface area contributed by atoms with Gasteiger partial charge in [-0.05, 0) is 13.8 Å². The third-order valence-electron chi connectivity index (χ3n) is 1.89. The number of aliphatic hydroxyl groups excluding tert-OH is 1. The Morgan fingerprint density at radius 1 is 1.62 bits per heavy atom. The lowest BCUT2D eigenvalue weighted by Crippen LogP contribution is -2.45. The fourth-order valence-corrected chi connectivity index (χ4v) is 0.770. The number of carbonyl (C=O) groups excluding carboxylic acids is 1. The first-order valence-corrected chi connectivity index (χ1v) is 4.36. The van der Waals surface area contributed by atoms with E-state index >= 15 is 0 Å². The van der Waals surface area contributed by atoms with Crippen molar-refractivity contribution in [3.05, 3.63) is 0 Å². The molecule has 0 heterocycles. The zero-order valence-electron chi connectivity index (χ0n) is 8.76. The molecule has 1 unspecified atom stereocenters. The van der Waals surface area contributed by atoms with Crippen LogP contribution >= 0.6 is 0 Å². The molecule has 1 atom stereocenters. The summed E-state index contributed by atoms with van der Waals surface area (Å²) in [5.74, 6) is -0.419. The van der Waals surface area contributed by atoms with Gasteiger partial charge in [0.25, 0.3) is 0 Å². The Morgan fingerprint density at radius 3 is 2.54 bits per heavy atom. The fraction of sp³-hybridized carbons (Fsp3) is 0.889. The first-order valence-electron chi connectivity index (χ1n) is 4.36. The summed E-state index contributed by atoms with van der Waals surface area (Å²) in [5, 5.41) is 12.0. The Balaban J connectivity index is 3.82. The lowest BCUT2D eigenvalue weighted by atomic mass is 10.1. The van der Waals surface area contributed by atoms with E-state index in [0.29, 0.717) is 6.54 Å². The number of rotatable bonds is 5. The number of aliphatic hydroxyl groups is 1. The molecule has 78 valence electrons. The molecule has 0 amide bonds. The third kappa shape index (κ3) is 4.85. The van der Waals surface area contributed by atoms with Crippen molar-refractivity contribution in [1.29, 1.82) is 0 Å². The standard InChI is InChI=1S/C9H19NO3/c1-7(8(12)13-4)5-10-9(2,3)6-11/h7,10-11H,5-6H2,1-4H3. The molecule has 0 aliphatic carbocycles. The molecule has 0 aromatic rings. The number of methoxy groups -OCH3 is 1. The van der Waals surface area contributed by atoms with E-state index in [4.69, 9.17) is 5.11 Å². The maximum atomic E-state index is 11.0. The quantitative estimate of drug-likeness (QED) is 0.605. The van der Waals surface area contributed by atoms with E-state index in [1.165, 1.54) is 7.11 Å². The minimum Gasteiger partial charge on any atom is -0.469 e. The lowest BCUT2D eigenvalue weighted by Gasteiger charge is -2.24. The fourth-order valence-electron chi connectivity index (χ4n) is 0.770. The smallest absolute Gasteiger partial charge is 0.309 e. The van der Waals surface area contributed by atoms with Crippen LogP contribution in [0.4, 0.5) is 0 Å². The number of nitrogens with one attached hydrogen (secondary N) is 1. The van der Waals surface area contributed by atoms with Crippen LogP contribution in [0.3, 0.4) is 0 Å². The predicted molar refractivity (Wildman–Crippen MR) is 50.3 cm³/mol. The summed E-state index contributed by atoms with van der Waals surface area (Å²) >= 11 is 0. The SMILES string of the molecule is COC(=O)C(C)CNC(C)(C)CO. The Labute approximate surface area is 79.3 Å². The molecular weight excluding hydrogens is 170 g/mol. The van der Waals surface area contributed by atoms with Gasteiger partial charge in [-0.2, -0.15) is 0 Å². The van der Waals surface area contributed by atoms with Gasteiger partial charge in [0, 0.05) is 12.1 Å². The first kappa shape index (κ1) is 12.4. The second kappa shape index (κ2) is 5.19. The molecule has 0 spiro atoms. The van der Waals surface area contributed by atoms with Gasteiger partial charge in [0.2, 0.25) is 0 Å². The van der Waals surface area contributed by atoms with Crippen molar-refractivity contribution in [3.63, 3.8) is 0 Å². The molecule has 0 bridgehead atoms. The molecule has 0 saturated heterocycles. The van der Waals surface area contributed by atoms with Gasteiger partial charge in [0.15, 0.2) is 0 Å². The zero-order valence-corrected chi connectivity index (χ0v) is 8.76. The normalized spacial score (nSPS) is 13.9. The van der Waals surface area contributed by atoms with Crippen LogP contribution in [0, 0.1) is 5.92 Å². The molecule has 0 aliphatic rings. The lowest BCUT2D eigenvalue weighted by molar-refractivity contribution is -0.144. The van der Waals surface area contributed by atoms with Crippen LogP contribution in [-0.2, 0) is 9.53 Å². The van der Waals surface area contributed by atoms with Gasteiger partial charge in [-0.25, -0.2) is 0 Å². The van der Waals surface area contributed by atoms with E-state index in [-0.39, 0.29) is 24.0 Å². The van der Waals surface area contributed by atoms with E-state index in [2.05, 4.69) is 10.1 Å². The number of hydrogen-bond donors (Lipinski definition) is 2. The van der Waals surface area contributed by atoms with Gasteiger partial charge >= 0.3 is 5.97 Å². The van der Waals surface area contributed by atoms with Gasteiger partial charge in [-0.1, -0.05) is 6.92 Å². The number of ether oxygens (including phenoxy) is 1. The van der Waals surface area contributed by atoms with E-state index in [0.717, 1.165) is 0 Å². The van der Waals surface area contributed by atoms with E-state index in [9.17, 15) is 4.79 Å².